The number of aliphatic hydroxyl groups excluding tert-OH is 1. The zero-order valence-electron chi connectivity index (χ0n) is 10.7. The fraction of sp³-hybridized carbons (Fsp3) is 0.462. The highest BCUT2D eigenvalue weighted by Gasteiger charge is 2.42. The first-order valence-corrected chi connectivity index (χ1v) is 7.93. The molecule has 0 aliphatic heterocycles. The number of halogens is 4. The van der Waals surface area contributed by atoms with Crippen LogP contribution in [0.25, 0.3) is 10.2 Å². The summed E-state index contributed by atoms with van der Waals surface area (Å²) in [4.78, 5) is 4.07. The minimum Gasteiger partial charge on any atom is -0.484 e. The van der Waals surface area contributed by atoms with Gasteiger partial charge in [-0.3, -0.25) is 0 Å². The summed E-state index contributed by atoms with van der Waals surface area (Å²) in [6.45, 7) is 0. The van der Waals surface area contributed by atoms with Crippen LogP contribution < -0.4 is 4.74 Å². The summed E-state index contributed by atoms with van der Waals surface area (Å²) in [6, 6.07) is 2.62. The van der Waals surface area contributed by atoms with Gasteiger partial charge in [-0.05, 0) is 22.4 Å². The third-order valence-electron chi connectivity index (χ3n) is 3.43. The number of hydrogen-bond acceptors (Lipinski definition) is 4. The van der Waals surface area contributed by atoms with Crippen molar-refractivity contribution in [1.29, 1.82) is 0 Å². The zero-order valence-corrected chi connectivity index (χ0v) is 13.1. The average molecular weight is 382 g/mol. The van der Waals surface area contributed by atoms with E-state index in [9.17, 15) is 18.3 Å². The van der Waals surface area contributed by atoms with Crippen LogP contribution >= 0.6 is 27.3 Å². The molecule has 0 bridgehead atoms. The summed E-state index contributed by atoms with van der Waals surface area (Å²) in [7, 11) is 0. The van der Waals surface area contributed by atoms with E-state index in [1.165, 1.54) is 23.5 Å². The molecule has 2 aromatic rings. The number of alkyl halides is 2. The van der Waals surface area contributed by atoms with Gasteiger partial charge in [-0.25, -0.2) is 18.2 Å². The number of ether oxygens (including phenoxy) is 1. The predicted octanol–water partition coefficient (Wildman–Crippen LogP) is 4.13. The summed E-state index contributed by atoms with van der Waals surface area (Å²) in [6.07, 6.45) is -3.19. The van der Waals surface area contributed by atoms with Gasteiger partial charge in [0.2, 0.25) is 0 Å². The lowest BCUT2D eigenvalue weighted by molar-refractivity contribution is -0.114. The third kappa shape index (κ3) is 3.17. The van der Waals surface area contributed by atoms with Crippen LogP contribution in [0.1, 0.15) is 19.3 Å². The summed E-state index contributed by atoms with van der Waals surface area (Å²) < 4.78 is 47.3. The molecule has 21 heavy (non-hydrogen) atoms. The van der Waals surface area contributed by atoms with Gasteiger partial charge in [0, 0.05) is 18.6 Å². The maximum absolute atomic E-state index is 14.0. The molecule has 0 unspecified atom stereocenters. The monoisotopic (exact) mass is 381 g/mol. The van der Waals surface area contributed by atoms with Crippen molar-refractivity contribution in [3.05, 3.63) is 21.9 Å². The number of aromatic nitrogens is 1. The normalized spacial score (nSPS) is 25.2. The molecular formula is C13H11BrF3NO2S. The van der Waals surface area contributed by atoms with Crippen molar-refractivity contribution in [2.75, 3.05) is 0 Å². The molecule has 1 aromatic heterocycles. The Hall–Kier alpha value is -0.860. The molecule has 0 amide bonds. The van der Waals surface area contributed by atoms with Crippen LogP contribution in [0.4, 0.5) is 13.2 Å². The van der Waals surface area contributed by atoms with E-state index in [0.29, 0.717) is 14.1 Å². The predicted molar refractivity (Wildman–Crippen MR) is 76.5 cm³/mol. The van der Waals surface area contributed by atoms with Crippen molar-refractivity contribution < 1.29 is 23.0 Å². The van der Waals surface area contributed by atoms with E-state index in [1.54, 1.807) is 0 Å². The molecule has 0 spiro atoms. The largest absolute Gasteiger partial charge is 0.484 e. The molecule has 1 fully saturated rings. The SMILES string of the molecule is O[C@@H]1CCC(F)(F)C[C@@H]1Oc1cc2sc(Br)nc2cc1F. The molecule has 1 saturated carbocycles. The van der Waals surface area contributed by atoms with Gasteiger partial charge >= 0.3 is 0 Å². The molecule has 114 valence electrons. The number of hydrogen-bond donors (Lipinski definition) is 1. The summed E-state index contributed by atoms with van der Waals surface area (Å²) in [5.74, 6) is -3.71. The van der Waals surface area contributed by atoms with E-state index in [2.05, 4.69) is 20.9 Å². The van der Waals surface area contributed by atoms with Crippen molar-refractivity contribution in [2.45, 2.75) is 37.4 Å². The van der Waals surface area contributed by atoms with Gasteiger partial charge in [0.15, 0.2) is 15.5 Å². The highest BCUT2D eigenvalue weighted by molar-refractivity contribution is 9.11. The van der Waals surface area contributed by atoms with Crippen LogP contribution in [0.15, 0.2) is 16.0 Å². The second-order valence-corrected chi connectivity index (χ2v) is 7.35. The zero-order chi connectivity index (χ0) is 15.2. The van der Waals surface area contributed by atoms with E-state index in [4.69, 9.17) is 4.74 Å². The molecule has 3 nitrogen and oxygen atoms in total. The molecule has 1 aliphatic rings. The van der Waals surface area contributed by atoms with E-state index >= 15 is 0 Å². The Morgan fingerprint density at radius 2 is 2.19 bits per heavy atom. The second-order valence-electron chi connectivity index (χ2n) is 5.04. The topological polar surface area (TPSA) is 42.4 Å². The number of fused-ring (bicyclic) bond motifs is 1. The first-order valence-electron chi connectivity index (χ1n) is 6.32. The van der Waals surface area contributed by atoms with E-state index < -0.39 is 30.4 Å². The van der Waals surface area contributed by atoms with Gasteiger partial charge in [-0.15, -0.1) is 11.3 Å². The molecule has 1 aliphatic carbocycles. The van der Waals surface area contributed by atoms with Gasteiger partial charge in [0.05, 0.1) is 22.7 Å². The Kier molecular flexibility index (Phi) is 3.87. The van der Waals surface area contributed by atoms with Gasteiger partial charge in [0.25, 0.3) is 5.92 Å². The lowest BCUT2D eigenvalue weighted by atomic mass is 9.91. The molecule has 0 saturated heterocycles. The number of thiazole rings is 1. The molecular weight excluding hydrogens is 371 g/mol. The molecule has 1 heterocycles. The maximum atomic E-state index is 14.0. The first kappa shape index (κ1) is 15.1. The quantitative estimate of drug-likeness (QED) is 0.850. The Bertz CT molecular complexity index is 679. The standard InChI is InChI=1S/C13H11BrF3NO2S/c14-12-18-7-3-6(15)9(4-11(7)21-12)20-10-5-13(16,17)2-1-8(10)19/h3-4,8,10,19H,1-2,5H2/t8-,10+/m1/s1. The molecule has 8 heteroatoms. The molecule has 3 rings (SSSR count). The van der Waals surface area contributed by atoms with E-state index in [-0.39, 0.29) is 18.6 Å². The van der Waals surface area contributed by atoms with Crippen molar-refractivity contribution in [3.63, 3.8) is 0 Å². The number of nitrogens with zero attached hydrogens (tertiary/aromatic N) is 1. The van der Waals surface area contributed by atoms with Gasteiger partial charge < -0.3 is 9.84 Å². The minimum absolute atomic E-state index is 0.0619. The number of rotatable bonds is 2. The summed E-state index contributed by atoms with van der Waals surface area (Å²) in [5.41, 5.74) is 0.464. The van der Waals surface area contributed by atoms with Crippen molar-refractivity contribution in [3.8, 4) is 5.75 Å². The Balaban J connectivity index is 1.88. The highest BCUT2D eigenvalue weighted by Crippen LogP contribution is 2.37. The van der Waals surface area contributed by atoms with Crippen molar-refractivity contribution in [2.24, 2.45) is 0 Å². The summed E-state index contributed by atoms with van der Waals surface area (Å²) >= 11 is 4.49. The van der Waals surface area contributed by atoms with Crippen LogP contribution in [0.3, 0.4) is 0 Å². The second kappa shape index (κ2) is 5.40. The maximum Gasteiger partial charge on any atom is 0.251 e. The average Bonchev–Trinajstić information content (AvgIpc) is 2.73. The van der Waals surface area contributed by atoms with Crippen LogP contribution in [-0.2, 0) is 0 Å². The minimum atomic E-state index is -2.89. The summed E-state index contributed by atoms with van der Waals surface area (Å²) in [5, 5.41) is 9.77. The Morgan fingerprint density at radius 1 is 1.43 bits per heavy atom. The molecule has 2 atom stereocenters. The van der Waals surface area contributed by atoms with Crippen molar-refractivity contribution >= 4 is 37.5 Å². The molecule has 0 radical (unpaired) electrons. The van der Waals surface area contributed by atoms with Gasteiger partial charge in [-0.1, -0.05) is 0 Å². The molecule has 1 aromatic carbocycles. The highest BCUT2D eigenvalue weighted by atomic mass is 79.9. The van der Waals surface area contributed by atoms with Gasteiger partial charge in [-0.2, -0.15) is 0 Å². The lowest BCUT2D eigenvalue weighted by Crippen LogP contribution is -2.43. The van der Waals surface area contributed by atoms with E-state index in [1.807, 2.05) is 0 Å². The Labute approximate surface area is 130 Å². The Morgan fingerprint density at radius 3 is 2.95 bits per heavy atom. The van der Waals surface area contributed by atoms with Crippen LogP contribution in [0.5, 0.6) is 5.75 Å². The van der Waals surface area contributed by atoms with Crippen LogP contribution in [-0.4, -0.2) is 28.2 Å². The van der Waals surface area contributed by atoms with Crippen molar-refractivity contribution in [1.82, 2.24) is 4.98 Å². The smallest absolute Gasteiger partial charge is 0.251 e. The van der Waals surface area contributed by atoms with E-state index in [0.717, 1.165) is 0 Å². The lowest BCUT2D eigenvalue weighted by Gasteiger charge is -2.33. The number of benzene rings is 1. The van der Waals surface area contributed by atoms with Crippen LogP contribution in [0, 0.1) is 5.82 Å². The number of aliphatic hydroxyl groups is 1. The van der Waals surface area contributed by atoms with Gasteiger partial charge in [0.1, 0.15) is 6.10 Å². The fourth-order valence-electron chi connectivity index (χ4n) is 2.35. The third-order valence-corrected chi connectivity index (χ3v) is 4.90. The fourth-order valence-corrected chi connectivity index (χ4v) is 3.77. The van der Waals surface area contributed by atoms with Crippen LogP contribution in [0.2, 0.25) is 0 Å². The molecule has 1 N–H and O–H groups in total. The first-order chi connectivity index (χ1) is 9.84.